The van der Waals surface area contributed by atoms with Gasteiger partial charge in [-0.05, 0) is 42.2 Å². The Labute approximate surface area is 149 Å². The van der Waals surface area contributed by atoms with Crippen molar-refractivity contribution in [3.63, 3.8) is 0 Å². The molecule has 0 heterocycles. The van der Waals surface area contributed by atoms with Crippen LogP contribution >= 0.6 is 0 Å². The highest BCUT2D eigenvalue weighted by Gasteiger charge is 2.12. The highest BCUT2D eigenvalue weighted by molar-refractivity contribution is 5.74. The van der Waals surface area contributed by atoms with Crippen LogP contribution in [0.1, 0.15) is 37.8 Å². The van der Waals surface area contributed by atoms with Crippen LogP contribution in [0.2, 0.25) is 0 Å². The van der Waals surface area contributed by atoms with Gasteiger partial charge in [0.2, 0.25) is 0 Å². The maximum Gasteiger partial charge on any atom is 0.317 e. The van der Waals surface area contributed by atoms with Crippen molar-refractivity contribution in [1.29, 1.82) is 0 Å². The van der Waals surface area contributed by atoms with Crippen molar-refractivity contribution in [3.8, 4) is 11.5 Å². The largest absolute Gasteiger partial charge is 0.497 e. The molecule has 5 nitrogen and oxygen atoms in total. The number of ether oxygens (including phenoxy) is 2. The molecule has 0 spiro atoms. The van der Waals surface area contributed by atoms with E-state index in [1.807, 2.05) is 55.5 Å². The summed E-state index contributed by atoms with van der Waals surface area (Å²) in [7, 11) is 1.62. The zero-order chi connectivity index (χ0) is 18.2. The van der Waals surface area contributed by atoms with E-state index in [0.29, 0.717) is 12.5 Å². The molecule has 2 rings (SSSR count). The molecule has 0 bridgehead atoms. The van der Waals surface area contributed by atoms with Crippen molar-refractivity contribution in [3.05, 3.63) is 59.7 Å². The molecule has 2 aromatic carbocycles. The average Bonchev–Trinajstić information content (AvgIpc) is 2.60. The lowest BCUT2D eigenvalue weighted by molar-refractivity contribution is 0.175. The van der Waals surface area contributed by atoms with E-state index in [1.165, 1.54) is 0 Å². The third kappa shape index (κ3) is 5.71. The molecule has 0 aromatic heterocycles. The zero-order valence-electron chi connectivity index (χ0n) is 15.2. The summed E-state index contributed by atoms with van der Waals surface area (Å²) >= 11 is 0. The zero-order valence-corrected chi connectivity index (χ0v) is 15.2. The molecule has 25 heavy (non-hydrogen) atoms. The second-order valence-corrected chi connectivity index (χ2v) is 6.13. The molecule has 2 amide bonds. The van der Waals surface area contributed by atoms with Gasteiger partial charge in [-0.25, -0.2) is 4.79 Å². The summed E-state index contributed by atoms with van der Waals surface area (Å²) in [5, 5.41) is 5.61. The van der Waals surface area contributed by atoms with Gasteiger partial charge in [0.15, 0.2) is 6.23 Å². The van der Waals surface area contributed by atoms with Gasteiger partial charge in [0.25, 0.3) is 0 Å². The van der Waals surface area contributed by atoms with Crippen molar-refractivity contribution in [2.45, 2.75) is 39.5 Å². The molecular weight excluding hydrogens is 316 g/mol. The number of carbonyl (C=O) groups excluding carboxylic acids is 1. The Morgan fingerprint density at radius 3 is 2.36 bits per heavy atom. The Morgan fingerprint density at radius 1 is 1.04 bits per heavy atom. The van der Waals surface area contributed by atoms with Crippen LogP contribution in [0.4, 0.5) is 4.79 Å². The minimum absolute atomic E-state index is 0.273. The van der Waals surface area contributed by atoms with Gasteiger partial charge in [0.05, 0.1) is 7.11 Å². The highest BCUT2D eigenvalue weighted by Crippen LogP contribution is 2.26. The number of urea groups is 1. The predicted octanol–water partition coefficient (Wildman–Crippen LogP) is 4.04. The average molecular weight is 342 g/mol. The van der Waals surface area contributed by atoms with Gasteiger partial charge < -0.3 is 20.1 Å². The van der Waals surface area contributed by atoms with Gasteiger partial charge in [0.1, 0.15) is 11.5 Å². The monoisotopic (exact) mass is 342 g/mol. The molecule has 0 radical (unpaired) electrons. The summed E-state index contributed by atoms with van der Waals surface area (Å²) in [6.45, 7) is 6.47. The van der Waals surface area contributed by atoms with Crippen LogP contribution in [-0.2, 0) is 6.54 Å². The second kappa shape index (κ2) is 8.97. The van der Waals surface area contributed by atoms with Crippen LogP contribution < -0.4 is 20.1 Å². The first-order chi connectivity index (χ1) is 12.0. The SMILES string of the molecule is COc1ccc(CNC(=O)NC(C)Oc2ccccc2C(C)C)cc1. The fourth-order valence-electron chi connectivity index (χ4n) is 2.45. The van der Waals surface area contributed by atoms with Gasteiger partial charge in [-0.1, -0.05) is 44.2 Å². The highest BCUT2D eigenvalue weighted by atomic mass is 16.5. The molecule has 0 saturated carbocycles. The number of hydrogen-bond acceptors (Lipinski definition) is 3. The Morgan fingerprint density at radius 2 is 1.72 bits per heavy atom. The van der Waals surface area contributed by atoms with E-state index >= 15 is 0 Å². The number of hydrogen-bond donors (Lipinski definition) is 2. The molecule has 5 heteroatoms. The quantitative estimate of drug-likeness (QED) is 0.747. The summed E-state index contributed by atoms with van der Waals surface area (Å²) in [6, 6.07) is 15.2. The van der Waals surface area contributed by atoms with Gasteiger partial charge >= 0.3 is 6.03 Å². The fourth-order valence-corrected chi connectivity index (χ4v) is 2.45. The minimum Gasteiger partial charge on any atom is -0.497 e. The first-order valence-electron chi connectivity index (χ1n) is 8.42. The maximum atomic E-state index is 12.0. The first-order valence-corrected chi connectivity index (χ1v) is 8.42. The van der Waals surface area contributed by atoms with E-state index in [1.54, 1.807) is 7.11 Å². The normalized spacial score (nSPS) is 11.7. The van der Waals surface area contributed by atoms with Crippen molar-refractivity contribution in [1.82, 2.24) is 10.6 Å². The Kier molecular flexibility index (Phi) is 6.69. The van der Waals surface area contributed by atoms with E-state index in [-0.39, 0.29) is 6.03 Å². The van der Waals surface area contributed by atoms with Crippen LogP contribution in [0.15, 0.2) is 48.5 Å². The van der Waals surface area contributed by atoms with E-state index in [9.17, 15) is 4.79 Å². The first kappa shape index (κ1) is 18.6. The molecule has 1 atom stereocenters. The topological polar surface area (TPSA) is 59.6 Å². The number of amides is 2. The number of carbonyl (C=O) groups is 1. The van der Waals surface area contributed by atoms with E-state index in [2.05, 4.69) is 24.5 Å². The number of benzene rings is 2. The van der Waals surface area contributed by atoms with Crippen molar-refractivity contribution in [2.24, 2.45) is 0 Å². The molecule has 134 valence electrons. The number of nitrogens with one attached hydrogen (secondary N) is 2. The van der Waals surface area contributed by atoms with E-state index in [4.69, 9.17) is 9.47 Å². The minimum atomic E-state index is -0.434. The maximum absolute atomic E-state index is 12.0. The summed E-state index contributed by atoms with van der Waals surface area (Å²) in [6.07, 6.45) is -0.434. The third-order valence-electron chi connectivity index (χ3n) is 3.79. The van der Waals surface area contributed by atoms with Gasteiger partial charge in [-0.3, -0.25) is 0 Å². The van der Waals surface area contributed by atoms with Gasteiger partial charge in [-0.2, -0.15) is 0 Å². The summed E-state index contributed by atoms with van der Waals surface area (Å²) in [4.78, 5) is 12.0. The lowest BCUT2D eigenvalue weighted by Gasteiger charge is -2.20. The summed E-state index contributed by atoms with van der Waals surface area (Å²) in [5.41, 5.74) is 2.12. The van der Waals surface area contributed by atoms with Crippen LogP contribution in [0.25, 0.3) is 0 Å². The van der Waals surface area contributed by atoms with E-state index < -0.39 is 6.23 Å². The number of rotatable bonds is 7. The molecule has 0 aliphatic rings. The van der Waals surface area contributed by atoms with E-state index in [0.717, 1.165) is 22.6 Å². The summed E-state index contributed by atoms with van der Waals surface area (Å²) < 4.78 is 11.0. The number of methoxy groups -OCH3 is 1. The Hall–Kier alpha value is -2.69. The van der Waals surface area contributed by atoms with Crippen LogP contribution in [0.5, 0.6) is 11.5 Å². The fraction of sp³-hybridized carbons (Fsp3) is 0.350. The van der Waals surface area contributed by atoms with Crippen LogP contribution in [-0.4, -0.2) is 19.4 Å². The standard InChI is InChI=1S/C20H26N2O3/c1-14(2)18-7-5-6-8-19(18)25-15(3)22-20(23)21-13-16-9-11-17(24-4)12-10-16/h5-12,14-15H,13H2,1-4H3,(H2,21,22,23). The smallest absolute Gasteiger partial charge is 0.317 e. The van der Waals surface area contributed by atoms with Crippen LogP contribution in [0, 0.1) is 0 Å². The van der Waals surface area contributed by atoms with Crippen molar-refractivity contribution < 1.29 is 14.3 Å². The molecule has 1 unspecified atom stereocenters. The molecule has 0 aliphatic carbocycles. The van der Waals surface area contributed by atoms with Crippen molar-refractivity contribution >= 4 is 6.03 Å². The lowest BCUT2D eigenvalue weighted by atomic mass is 10.0. The third-order valence-corrected chi connectivity index (χ3v) is 3.79. The van der Waals surface area contributed by atoms with Gasteiger partial charge in [-0.15, -0.1) is 0 Å². The molecule has 0 saturated heterocycles. The lowest BCUT2D eigenvalue weighted by Crippen LogP contribution is -2.43. The molecule has 0 fully saturated rings. The van der Waals surface area contributed by atoms with Crippen molar-refractivity contribution in [2.75, 3.05) is 7.11 Å². The second-order valence-electron chi connectivity index (χ2n) is 6.13. The number of para-hydroxylation sites is 1. The molecular formula is C20H26N2O3. The molecule has 0 aliphatic heterocycles. The predicted molar refractivity (Wildman–Crippen MR) is 99.0 cm³/mol. The van der Waals surface area contributed by atoms with Gasteiger partial charge in [0, 0.05) is 6.54 Å². The Balaban J connectivity index is 1.83. The summed E-state index contributed by atoms with van der Waals surface area (Å²) in [5.74, 6) is 1.94. The van der Waals surface area contributed by atoms with Crippen LogP contribution in [0.3, 0.4) is 0 Å². The molecule has 2 aromatic rings. The Bertz CT molecular complexity index is 684. The molecule has 2 N–H and O–H groups in total.